The molecular formula is C16H17N5O5S. The largest absolute Gasteiger partial charge is 0.345 e. The number of benzene rings is 1. The number of aromatic nitrogens is 1. The molecule has 3 amide bonds. The van der Waals surface area contributed by atoms with E-state index < -0.39 is 16.7 Å². The smallest absolute Gasteiger partial charge is 0.324 e. The monoisotopic (exact) mass is 391 g/mol. The van der Waals surface area contributed by atoms with Crippen LogP contribution in [0.2, 0.25) is 0 Å². The zero-order valence-corrected chi connectivity index (χ0v) is 15.4. The number of anilines is 3. The third kappa shape index (κ3) is 5.31. The molecular weight excluding hydrogens is 374 g/mol. The number of rotatable bonds is 7. The first-order valence-electron chi connectivity index (χ1n) is 7.93. The summed E-state index contributed by atoms with van der Waals surface area (Å²) in [7, 11) is 0. The predicted molar refractivity (Wildman–Crippen MR) is 101 cm³/mol. The summed E-state index contributed by atoms with van der Waals surface area (Å²) in [6.07, 6.45) is 1.97. The Kier molecular flexibility index (Phi) is 6.55. The van der Waals surface area contributed by atoms with Crippen LogP contribution in [-0.2, 0) is 9.59 Å². The van der Waals surface area contributed by atoms with Crippen molar-refractivity contribution in [2.24, 2.45) is 0 Å². The number of hydrogen-bond donors (Lipinski definition) is 3. The summed E-state index contributed by atoms with van der Waals surface area (Å²) in [5, 5.41) is 18.2. The number of amides is 3. The van der Waals surface area contributed by atoms with E-state index in [2.05, 4.69) is 20.9 Å². The molecule has 0 fully saturated rings. The molecule has 11 heteroatoms. The van der Waals surface area contributed by atoms with Crippen molar-refractivity contribution in [1.29, 1.82) is 0 Å². The molecule has 0 aliphatic carbocycles. The molecule has 0 unspecified atom stereocenters. The highest BCUT2D eigenvalue weighted by Crippen LogP contribution is 2.29. The summed E-state index contributed by atoms with van der Waals surface area (Å²) in [6.45, 7) is 3.13. The zero-order valence-electron chi connectivity index (χ0n) is 14.6. The SMILES string of the molecule is CCCC(=O)Nc1cccc(C(=O)Nc2ncc([N+](=O)[O-])s2)c1NC(C)=O. The lowest BCUT2D eigenvalue weighted by molar-refractivity contribution is -0.380. The van der Waals surface area contributed by atoms with Gasteiger partial charge in [0.05, 0.1) is 21.9 Å². The van der Waals surface area contributed by atoms with Gasteiger partial charge in [-0.15, -0.1) is 0 Å². The van der Waals surface area contributed by atoms with Gasteiger partial charge in [-0.2, -0.15) is 0 Å². The van der Waals surface area contributed by atoms with E-state index in [0.717, 1.165) is 6.20 Å². The minimum atomic E-state index is -0.630. The molecule has 0 bridgehead atoms. The average molecular weight is 391 g/mol. The quantitative estimate of drug-likeness (QED) is 0.489. The summed E-state index contributed by atoms with van der Waals surface area (Å²) < 4.78 is 0. The first kappa shape index (κ1) is 20.0. The molecule has 1 aromatic heterocycles. The molecule has 0 atom stereocenters. The molecule has 0 radical (unpaired) electrons. The molecule has 2 rings (SSSR count). The van der Waals surface area contributed by atoms with Gasteiger partial charge in [0.1, 0.15) is 6.20 Å². The molecule has 0 saturated carbocycles. The maximum Gasteiger partial charge on any atom is 0.345 e. The van der Waals surface area contributed by atoms with Gasteiger partial charge in [-0.05, 0) is 29.9 Å². The number of nitrogens with one attached hydrogen (secondary N) is 3. The van der Waals surface area contributed by atoms with Gasteiger partial charge in [-0.3, -0.25) is 29.8 Å². The van der Waals surface area contributed by atoms with Crippen LogP contribution >= 0.6 is 11.3 Å². The Morgan fingerprint density at radius 1 is 1.22 bits per heavy atom. The van der Waals surface area contributed by atoms with Crippen LogP contribution in [0.25, 0.3) is 0 Å². The lowest BCUT2D eigenvalue weighted by atomic mass is 10.1. The van der Waals surface area contributed by atoms with Gasteiger partial charge >= 0.3 is 5.00 Å². The normalized spacial score (nSPS) is 10.1. The van der Waals surface area contributed by atoms with Crippen molar-refractivity contribution in [3.63, 3.8) is 0 Å². The second-order valence-corrected chi connectivity index (χ2v) is 6.43. The van der Waals surface area contributed by atoms with Crippen LogP contribution in [-0.4, -0.2) is 27.6 Å². The van der Waals surface area contributed by atoms with Gasteiger partial charge in [0.15, 0.2) is 5.13 Å². The topological polar surface area (TPSA) is 143 Å². The fraction of sp³-hybridized carbons (Fsp3) is 0.250. The number of nitro groups is 1. The molecule has 0 aliphatic rings. The molecule has 0 saturated heterocycles. The van der Waals surface area contributed by atoms with E-state index >= 15 is 0 Å². The zero-order chi connectivity index (χ0) is 20.0. The molecule has 27 heavy (non-hydrogen) atoms. The van der Waals surface area contributed by atoms with Crippen molar-refractivity contribution < 1.29 is 19.3 Å². The van der Waals surface area contributed by atoms with Gasteiger partial charge in [-0.1, -0.05) is 13.0 Å². The third-order valence-electron chi connectivity index (χ3n) is 3.26. The molecule has 1 aromatic carbocycles. The van der Waals surface area contributed by atoms with Crippen molar-refractivity contribution >= 4 is 50.6 Å². The van der Waals surface area contributed by atoms with Crippen LogP contribution in [0.15, 0.2) is 24.4 Å². The Bertz CT molecular complexity index is 895. The summed E-state index contributed by atoms with van der Waals surface area (Å²) in [5.41, 5.74) is 0.497. The number of para-hydroxylation sites is 1. The number of carbonyl (C=O) groups excluding carboxylic acids is 3. The Morgan fingerprint density at radius 2 is 1.96 bits per heavy atom. The standard InChI is InChI=1S/C16H17N5O5S/c1-3-5-12(23)19-11-7-4-6-10(14(11)18-9(2)22)15(24)20-16-17-8-13(27-16)21(25)26/h4,6-8H,3,5H2,1-2H3,(H,18,22)(H,19,23)(H,17,20,24). The first-order valence-corrected chi connectivity index (χ1v) is 8.75. The van der Waals surface area contributed by atoms with Crippen LogP contribution in [0.4, 0.5) is 21.5 Å². The minimum Gasteiger partial charge on any atom is -0.324 e. The van der Waals surface area contributed by atoms with E-state index in [0.29, 0.717) is 24.2 Å². The number of nitrogens with zero attached hydrogens (tertiary/aromatic N) is 2. The average Bonchev–Trinajstić information content (AvgIpc) is 3.05. The van der Waals surface area contributed by atoms with E-state index in [4.69, 9.17) is 0 Å². The van der Waals surface area contributed by atoms with E-state index in [1.807, 2.05) is 6.92 Å². The van der Waals surface area contributed by atoms with Gasteiger partial charge in [0.25, 0.3) is 5.91 Å². The lowest BCUT2D eigenvalue weighted by Crippen LogP contribution is -2.19. The lowest BCUT2D eigenvalue weighted by Gasteiger charge is -2.15. The van der Waals surface area contributed by atoms with E-state index in [-0.39, 0.29) is 33.0 Å². The van der Waals surface area contributed by atoms with Crippen molar-refractivity contribution in [3.05, 3.63) is 40.1 Å². The molecule has 0 aliphatic heterocycles. The van der Waals surface area contributed by atoms with Gasteiger partial charge in [0, 0.05) is 13.3 Å². The van der Waals surface area contributed by atoms with Gasteiger partial charge < -0.3 is 10.6 Å². The van der Waals surface area contributed by atoms with Crippen LogP contribution in [0, 0.1) is 10.1 Å². The van der Waals surface area contributed by atoms with Crippen LogP contribution in [0.5, 0.6) is 0 Å². The van der Waals surface area contributed by atoms with Crippen LogP contribution in [0.3, 0.4) is 0 Å². The maximum atomic E-state index is 12.6. The second kappa shape index (κ2) is 8.85. The Balaban J connectivity index is 2.32. The molecule has 0 spiro atoms. The van der Waals surface area contributed by atoms with E-state index in [9.17, 15) is 24.5 Å². The molecule has 3 N–H and O–H groups in total. The Hall–Kier alpha value is -3.34. The third-order valence-corrected chi connectivity index (χ3v) is 4.12. The first-order chi connectivity index (χ1) is 12.8. The van der Waals surface area contributed by atoms with Crippen molar-refractivity contribution in [3.8, 4) is 0 Å². The highest BCUT2D eigenvalue weighted by Gasteiger charge is 2.20. The summed E-state index contributed by atoms with van der Waals surface area (Å²) in [6, 6.07) is 4.56. The highest BCUT2D eigenvalue weighted by molar-refractivity contribution is 7.18. The second-order valence-electron chi connectivity index (χ2n) is 5.42. The molecule has 142 valence electrons. The van der Waals surface area contributed by atoms with E-state index in [1.54, 1.807) is 12.1 Å². The summed E-state index contributed by atoms with van der Waals surface area (Å²) in [5.74, 6) is -1.31. The van der Waals surface area contributed by atoms with Gasteiger partial charge in [0.2, 0.25) is 11.8 Å². The molecule has 1 heterocycles. The summed E-state index contributed by atoms with van der Waals surface area (Å²) >= 11 is 0.706. The summed E-state index contributed by atoms with van der Waals surface area (Å²) in [4.78, 5) is 49.9. The number of carbonyl (C=O) groups is 3. The Morgan fingerprint density at radius 3 is 2.56 bits per heavy atom. The van der Waals surface area contributed by atoms with Crippen molar-refractivity contribution in [2.45, 2.75) is 26.7 Å². The van der Waals surface area contributed by atoms with E-state index in [1.165, 1.54) is 13.0 Å². The van der Waals surface area contributed by atoms with Gasteiger partial charge in [-0.25, -0.2) is 4.98 Å². The predicted octanol–water partition coefficient (Wildman–Crippen LogP) is 3.00. The minimum absolute atomic E-state index is 0.0425. The van der Waals surface area contributed by atoms with Crippen LogP contribution in [0.1, 0.15) is 37.0 Å². The number of thiazole rings is 1. The molecule has 10 nitrogen and oxygen atoms in total. The van der Waals surface area contributed by atoms with Crippen molar-refractivity contribution in [2.75, 3.05) is 16.0 Å². The van der Waals surface area contributed by atoms with Crippen molar-refractivity contribution in [1.82, 2.24) is 4.98 Å². The highest BCUT2D eigenvalue weighted by atomic mass is 32.1. The molecule has 2 aromatic rings. The number of hydrogen-bond acceptors (Lipinski definition) is 7. The fourth-order valence-corrected chi connectivity index (χ4v) is 2.80. The fourth-order valence-electron chi connectivity index (χ4n) is 2.17. The maximum absolute atomic E-state index is 12.6. The van der Waals surface area contributed by atoms with Crippen LogP contribution < -0.4 is 16.0 Å². The Labute approximate surface area is 158 Å².